The van der Waals surface area contributed by atoms with Crippen LogP contribution in [0.3, 0.4) is 0 Å². The van der Waals surface area contributed by atoms with Crippen LogP contribution in [-0.4, -0.2) is 18.7 Å². The van der Waals surface area contributed by atoms with E-state index in [2.05, 4.69) is 0 Å². The van der Waals surface area contributed by atoms with E-state index in [1.807, 2.05) is 44.2 Å². The Morgan fingerprint density at radius 2 is 1.62 bits per heavy atom. The zero-order valence-electron chi connectivity index (χ0n) is 13.6. The number of para-hydroxylation sites is 1. The molecule has 1 aliphatic rings. The molecule has 0 saturated carbocycles. The lowest BCUT2D eigenvalue weighted by molar-refractivity contribution is 0.0390. The van der Waals surface area contributed by atoms with E-state index in [0.717, 1.165) is 0 Å². The fourth-order valence-electron chi connectivity index (χ4n) is 2.19. The molecule has 1 saturated heterocycles. The Bertz CT molecular complexity index is 771. The van der Waals surface area contributed by atoms with E-state index in [1.165, 1.54) is 0 Å². The molecule has 1 aliphatic heterocycles. The van der Waals surface area contributed by atoms with Crippen molar-refractivity contribution in [1.29, 1.82) is 0 Å². The van der Waals surface area contributed by atoms with Crippen molar-refractivity contribution in [2.75, 3.05) is 13.2 Å². The van der Waals surface area contributed by atoms with Gasteiger partial charge in [0.05, 0.1) is 13.2 Å². The highest BCUT2D eigenvalue weighted by Crippen LogP contribution is 2.56. The minimum Gasteiger partial charge on any atom is -0.457 e. The third-order valence-electron chi connectivity index (χ3n) is 3.56. The summed E-state index contributed by atoms with van der Waals surface area (Å²) >= 11 is 0. The quantitative estimate of drug-likeness (QED) is 0.738. The molecular weight excluding hydrogens is 327 g/mol. The van der Waals surface area contributed by atoms with Crippen LogP contribution in [0.5, 0.6) is 11.5 Å². The van der Waals surface area contributed by atoms with Crippen LogP contribution >= 0.6 is 7.60 Å². The molecule has 2 aromatic carbocycles. The van der Waals surface area contributed by atoms with Crippen molar-refractivity contribution in [3.8, 4) is 11.5 Å². The number of hydrogen-bond donors (Lipinski definition) is 0. The lowest BCUT2D eigenvalue weighted by Crippen LogP contribution is -2.31. The third kappa shape index (κ3) is 3.75. The molecule has 0 N–H and O–H groups in total. The molecule has 0 amide bonds. The summed E-state index contributed by atoms with van der Waals surface area (Å²) in [6, 6.07) is 15.7. The van der Waals surface area contributed by atoms with E-state index < -0.39 is 13.1 Å². The Morgan fingerprint density at radius 1 is 1.00 bits per heavy atom. The lowest BCUT2D eigenvalue weighted by atomic mass is 9.97. The molecule has 1 heterocycles. The first-order valence-corrected chi connectivity index (χ1v) is 9.19. The summed E-state index contributed by atoms with van der Waals surface area (Å²) < 4.78 is 29.0. The summed E-state index contributed by atoms with van der Waals surface area (Å²) in [6.45, 7) is 4.29. The number of ether oxygens (including phenoxy) is 1. The first kappa shape index (κ1) is 16.9. The molecule has 0 unspecified atom stereocenters. The average molecular weight is 346 g/mol. The van der Waals surface area contributed by atoms with Gasteiger partial charge in [0.25, 0.3) is 5.52 Å². The fourth-order valence-corrected chi connectivity index (χ4v) is 3.99. The molecule has 0 bridgehead atoms. The summed E-state index contributed by atoms with van der Waals surface area (Å²) in [5, 5.41) is 0. The first-order chi connectivity index (χ1) is 11.4. The normalized spacial score (nSPS) is 18.8. The molecule has 0 aliphatic carbocycles. The zero-order chi connectivity index (χ0) is 17.2. The highest BCUT2D eigenvalue weighted by molar-refractivity contribution is 7.72. The Labute approximate surface area is 141 Å². The Kier molecular flexibility index (Phi) is 4.59. The average Bonchev–Trinajstić information content (AvgIpc) is 2.58. The van der Waals surface area contributed by atoms with Crippen molar-refractivity contribution in [2.45, 2.75) is 13.8 Å². The second kappa shape index (κ2) is 6.52. The predicted octanol–water partition coefficient (Wildman–Crippen LogP) is 4.89. The van der Waals surface area contributed by atoms with Gasteiger partial charge in [0, 0.05) is 11.0 Å². The largest absolute Gasteiger partial charge is 0.457 e. The van der Waals surface area contributed by atoms with E-state index in [-0.39, 0.29) is 24.2 Å². The second-order valence-corrected chi connectivity index (χ2v) is 8.37. The maximum atomic E-state index is 12.7. The van der Waals surface area contributed by atoms with Crippen molar-refractivity contribution < 1.29 is 23.1 Å². The standard InChI is InChI=1S/C18H19O5P/c1-18(2)12-21-24(20,22-13-18)17(19)14-7-6-10-16(11-14)23-15-8-4-3-5-9-15/h3-11H,12-13H2,1-2H3. The van der Waals surface area contributed by atoms with Crippen LogP contribution in [0.15, 0.2) is 54.6 Å². The van der Waals surface area contributed by atoms with Crippen LogP contribution in [0.1, 0.15) is 24.2 Å². The van der Waals surface area contributed by atoms with Crippen molar-refractivity contribution >= 4 is 13.1 Å². The van der Waals surface area contributed by atoms with Crippen LogP contribution in [0.2, 0.25) is 0 Å². The number of hydrogen-bond acceptors (Lipinski definition) is 5. The smallest absolute Gasteiger partial charge is 0.401 e. The molecule has 126 valence electrons. The van der Waals surface area contributed by atoms with Gasteiger partial charge in [-0.3, -0.25) is 9.36 Å². The molecule has 0 radical (unpaired) electrons. The van der Waals surface area contributed by atoms with Crippen molar-refractivity contribution in [3.63, 3.8) is 0 Å². The van der Waals surface area contributed by atoms with Gasteiger partial charge in [-0.15, -0.1) is 0 Å². The maximum Gasteiger partial charge on any atom is 0.401 e. The zero-order valence-corrected chi connectivity index (χ0v) is 14.5. The molecular formula is C18H19O5P. The van der Waals surface area contributed by atoms with Crippen LogP contribution in [-0.2, 0) is 13.6 Å². The molecule has 3 rings (SSSR count). The van der Waals surface area contributed by atoms with Crippen molar-refractivity contribution in [2.24, 2.45) is 5.41 Å². The number of carbonyl (C=O) groups excluding carboxylic acids is 1. The highest BCUT2D eigenvalue weighted by atomic mass is 31.2. The summed E-state index contributed by atoms with van der Waals surface area (Å²) in [5.41, 5.74) is -0.657. The Hall–Kier alpha value is -1.94. The van der Waals surface area contributed by atoms with Gasteiger partial charge in [-0.25, -0.2) is 0 Å². The van der Waals surface area contributed by atoms with Crippen molar-refractivity contribution in [3.05, 3.63) is 60.2 Å². The first-order valence-electron chi connectivity index (χ1n) is 7.65. The molecule has 2 aromatic rings. The van der Waals surface area contributed by atoms with Gasteiger partial charge in [0.15, 0.2) is 0 Å². The minimum absolute atomic E-state index is 0.218. The summed E-state index contributed by atoms with van der Waals surface area (Å²) in [4.78, 5) is 12.6. The summed E-state index contributed by atoms with van der Waals surface area (Å²) in [5.74, 6) is 1.14. The number of rotatable bonds is 4. The van der Waals surface area contributed by atoms with E-state index >= 15 is 0 Å². The van der Waals surface area contributed by atoms with Gasteiger partial charge >= 0.3 is 7.60 Å². The monoisotopic (exact) mass is 346 g/mol. The van der Waals surface area contributed by atoms with Gasteiger partial charge in [-0.2, -0.15) is 0 Å². The van der Waals surface area contributed by atoms with Crippen LogP contribution in [0.25, 0.3) is 0 Å². The fraction of sp³-hybridized carbons (Fsp3) is 0.278. The van der Waals surface area contributed by atoms with E-state index in [4.69, 9.17) is 13.8 Å². The van der Waals surface area contributed by atoms with Crippen LogP contribution in [0, 0.1) is 5.41 Å². The van der Waals surface area contributed by atoms with E-state index in [0.29, 0.717) is 11.5 Å². The van der Waals surface area contributed by atoms with Gasteiger partial charge in [-0.05, 0) is 24.3 Å². The van der Waals surface area contributed by atoms with Crippen molar-refractivity contribution in [1.82, 2.24) is 0 Å². The molecule has 5 nitrogen and oxygen atoms in total. The van der Waals surface area contributed by atoms with Gasteiger partial charge in [0.2, 0.25) is 0 Å². The van der Waals surface area contributed by atoms with E-state index in [1.54, 1.807) is 24.3 Å². The summed E-state index contributed by atoms with van der Waals surface area (Å²) in [7, 11) is -3.80. The van der Waals surface area contributed by atoms with Gasteiger partial charge in [0.1, 0.15) is 11.5 Å². The Morgan fingerprint density at radius 3 is 2.29 bits per heavy atom. The third-order valence-corrected chi connectivity index (χ3v) is 5.25. The molecule has 24 heavy (non-hydrogen) atoms. The highest BCUT2D eigenvalue weighted by Gasteiger charge is 2.43. The van der Waals surface area contributed by atoms with Gasteiger partial charge < -0.3 is 13.8 Å². The molecule has 0 atom stereocenters. The molecule has 0 spiro atoms. The minimum atomic E-state index is -3.80. The van der Waals surface area contributed by atoms with Crippen LogP contribution in [0.4, 0.5) is 0 Å². The lowest BCUT2D eigenvalue weighted by Gasteiger charge is -2.33. The SMILES string of the molecule is CC1(C)COP(=O)(C(=O)c2cccc(Oc3ccccc3)c2)OC1. The molecule has 6 heteroatoms. The topological polar surface area (TPSA) is 61.8 Å². The predicted molar refractivity (Wildman–Crippen MR) is 90.6 cm³/mol. The maximum absolute atomic E-state index is 12.7. The second-order valence-electron chi connectivity index (χ2n) is 6.46. The molecule has 1 fully saturated rings. The molecule has 0 aromatic heterocycles. The summed E-state index contributed by atoms with van der Waals surface area (Å²) in [6.07, 6.45) is 0. The van der Waals surface area contributed by atoms with Crippen LogP contribution < -0.4 is 4.74 Å². The number of benzene rings is 2. The Balaban J connectivity index is 1.79. The van der Waals surface area contributed by atoms with E-state index in [9.17, 15) is 9.36 Å². The van der Waals surface area contributed by atoms with Gasteiger partial charge in [-0.1, -0.05) is 44.2 Å². The number of carbonyl (C=O) groups is 1.